The molecule has 2 aromatic rings. The van der Waals surface area contributed by atoms with Gasteiger partial charge in [-0.3, -0.25) is 10.1 Å². The lowest BCUT2D eigenvalue weighted by Crippen LogP contribution is -2.05. The summed E-state index contributed by atoms with van der Waals surface area (Å²) in [5.74, 6) is 0. The van der Waals surface area contributed by atoms with E-state index in [2.05, 4.69) is 15.5 Å². The van der Waals surface area contributed by atoms with Crippen LogP contribution in [0.15, 0.2) is 52.7 Å². The molecule has 8 heteroatoms. The Labute approximate surface area is 131 Å². The lowest BCUT2D eigenvalue weighted by Gasteiger charge is -2.06. The molecule has 0 unspecified atom stereocenters. The van der Waals surface area contributed by atoms with Crippen LogP contribution in [0.4, 0.5) is 22.7 Å². The predicted molar refractivity (Wildman–Crippen MR) is 84.3 cm³/mol. The molecule has 0 amide bonds. The lowest BCUT2D eigenvalue weighted by atomic mass is 10.3. The maximum absolute atomic E-state index is 10.6. The summed E-state index contributed by atoms with van der Waals surface area (Å²) in [6.07, 6.45) is 0. The number of non-ortho nitro benzene ring substituents is 1. The fraction of sp³-hybridized carbons (Fsp3) is 0.143. The van der Waals surface area contributed by atoms with Crippen molar-refractivity contribution in [2.75, 3.05) is 18.5 Å². The largest absolute Gasteiger partial charge is 0.395 e. The van der Waals surface area contributed by atoms with Gasteiger partial charge in [0.1, 0.15) is 0 Å². The number of nitrogens with zero attached hydrogens (tertiary/aromatic N) is 3. The molecule has 2 rings (SSSR count). The van der Waals surface area contributed by atoms with E-state index in [1.807, 2.05) is 0 Å². The fourth-order valence-corrected chi connectivity index (χ4v) is 1.90. The second-order valence-corrected chi connectivity index (χ2v) is 4.70. The topological polar surface area (TPSA) is 100 Å². The van der Waals surface area contributed by atoms with Crippen LogP contribution in [-0.4, -0.2) is 23.2 Å². The highest BCUT2D eigenvalue weighted by Gasteiger charge is 2.04. The maximum atomic E-state index is 10.6. The van der Waals surface area contributed by atoms with Crippen LogP contribution < -0.4 is 5.32 Å². The summed E-state index contributed by atoms with van der Waals surface area (Å²) in [5.41, 5.74) is 1.76. The number of halogens is 1. The van der Waals surface area contributed by atoms with E-state index in [4.69, 9.17) is 16.7 Å². The van der Waals surface area contributed by atoms with Crippen LogP contribution in [0.2, 0.25) is 5.02 Å². The Bertz CT molecular complexity index is 689. The van der Waals surface area contributed by atoms with E-state index >= 15 is 0 Å². The number of nitro benzene ring substituents is 1. The van der Waals surface area contributed by atoms with Crippen molar-refractivity contribution >= 4 is 34.4 Å². The minimum absolute atomic E-state index is 0.00121. The smallest absolute Gasteiger partial charge is 0.269 e. The molecule has 0 heterocycles. The molecule has 0 bridgehead atoms. The summed E-state index contributed by atoms with van der Waals surface area (Å²) in [6.45, 7) is 0.418. The monoisotopic (exact) mass is 320 g/mol. The quantitative estimate of drug-likeness (QED) is 0.476. The van der Waals surface area contributed by atoms with Gasteiger partial charge in [-0.05, 0) is 30.3 Å². The Hall–Kier alpha value is -2.51. The minimum Gasteiger partial charge on any atom is -0.395 e. The first-order valence-corrected chi connectivity index (χ1v) is 6.78. The molecule has 0 aliphatic heterocycles. The zero-order valence-electron chi connectivity index (χ0n) is 11.4. The van der Waals surface area contributed by atoms with Crippen molar-refractivity contribution in [1.82, 2.24) is 0 Å². The van der Waals surface area contributed by atoms with Crippen molar-refractivity contribution in [3.05, 3.63) is 57.6 Å². The Balaban J connectivity index is 2.09. The fourth-order valence-electron chi connectivity index (χ4n) is 1.66. The highest BCUT2D eigenvalue weighted by molar-refractivity contribution is 6.33. The number of rotatable bonds is 6. The number of hydrogen-bond donors (Lipinski definition) is 2. The number of nitrogens with one attached hydrogen (secondary N) is 1. The van der Waals surface area contributed by atoms with Gasteiger partial charge >= 0.3 is 0 Å². The zero-order chi connectivity index (χ0) is 15.9. The molecule has 0 saturated heterocycles. The van der Waals surface area contributed by atoms with Crippen molar-refractivity contribution < 1.29 is 10.0 Å². The summed E-state index contributed by atoms with van der Waals surface area (Å²) >= 11 is 6.08. The standard InChI is InChI=1S/C14H13ClN4O3/c15-13-9-11(3-6-14(13)16-7-8-20)18-17-10-1-4-12(5-2-10)19(21)22/h1-6,9,16,20H,7-8H2. The van der Waals surface area contributed by atoms with Crippen molar-refractivity contribution in [3.63, 3.8) is 0 Å². The highest BCUT2D eigenvalue weighted by atomic mass is 35.5. The first kappa shape index (κ1) is 15.9. The molecule has 2 aromatic carbocycles. The Kier molecular flexibility index (Phi) is 5.40. The van der Waals surface area contributed by atoms with Crippen LogP contribution in [0.25, 0.3) is 0 Å². The predicted octanol–water partition coefficient (Wildman–Crippen LogP) is 4.07. The summed E-state index contributed by atoms with van der Waals surface area (Å²) in [7, 11) is 0. The third-order valence-corrected chi connectivity index (χ3v) is 3.03. The normalized spacial score (nSPS) is 10.8. The molecule has 0 fully saturated rings. The molecule has 22 heavy (non-hydrogen) atoms. The number of aliphatic hydroxyl groups excluding tert-OH is 1. The second kappa shape index (κ2) is 7.48. The lowest BCUT2D eigenvalue weighted by molar-refractivity contribution is -0.384. The van der Waals surface area contributed by atoms with E-state index in [9.17, 15) is 10.1 Å². The first-order chi connectivity index (χ1) is 10.6. The van der Waals surface area contributed by atoms with Gasteiger partial charge in [0.2, 0.25) is 0 Å². The van der Waals surface area contributed by atoms with Crippen LogP contribution in [0.5, 0.6) is 0 Å². The van der Waals surface area contributed by atoms with Gasteiger partial charge < -0.3 is 10.4 Å². The van der Waals surface area contributed by atoms with Gasteiger partial charge in [-0.25, -0.2) is 0 Å². The van der Waals surface area contributed by atoms with Crippen molar-refractivity contribution in [2.45, 2.75) is 0 Å². The summed E-state index contributed by atoms with van der Waals surface area (Å²) < 4.78 is 0. The third-order valence-electron chi connectivity index (χ3n) is 2.72. The van der Waals surface area contributed by atoms with E-state index in [0.29, 0.717) is 28.6 Å². The van der Waals surface area contributed by atoms with E-state index in [1.54, 1.807) is 18.2 Å². The molecule has 0 atom stereocenters. The van der Waals surface area contributed by atoms with Crippen LogP contribution in [0.1, 0.15) is 0 Å². The average Bonchev–Trinajstić information content (AvgIpc) is 2.52. The average molecular weight is 321 g/mol. The summed E-state index contributed by atoms with van der Waals surface area (Å²) in [5, 5.41) is 30.8. The number of azo groups is 1. The Morgan fingerprint density at radius 1 is 1.14 bits per heavy atom. The number of nitro groups is 1. The zero-order valence-corrected chi connectivity index (χ0v) is 12.2. The molecule has 114 valence electrons. The van der Waals surface area contributed by atoms with E-state index in [-0.39, 0.29) is 12.3 Å². The van der Waals surface area contributed by atoms with Gasteiger partial charge in [-0.2, -0.15) is 10.2 Å². The van der Waals surface area contributed by atoms with Crippen LogP contribution in [0.3, 0.4) is 0 Å². The summed E-state index contributed by atoms with van der Waals surface area (Å²) in [6, 6.07) is 10.9. The van der Waals surface area contributed by atoms with Gasteiger partial charge in [0.25, 0.3) is 5.69 Å². The van der Waals surface area contributed by atoms with Gasteiger partial charge in [-0.15, -0.1) is 0 Å². The van der Waals surface area contributed by atoms with Crippen LogP contribution in [-0.2, 0) is 0 Å². The molecule has 0 aliphatic rings. The molecule has 0 aromatic heterocycles. The van der Waals surface area contributed by atoms with E-state index in [1.165, 1.54) is 24.3 Å². The second-order valence-electron chi connectivity index (χ2n) is 4.29. The molecule has 2 N–H and O–H groups in total. The van der Waals surface area contributed by atoms with Gasteiger partial charge in [0.15, 0.2) is 0 Å². The number of anilines is 1. The summed E-state index contributed by atoms with van der Waals surface area (Å²) in [4.78, 5) is 10.1. The SMILES string of the molecule is O=[N+]([O-])c1ccc(N=Nc2ccc(NCCO)c(Cl)c2)cc1. The molecule has 0 radical (unpaired) electrons. The number of benzene rings is 2. The van der Waals surface area contributed by atoms with Gasteiger partial charge in [0, 0.05) is 18.7 Å². The molecular weight excluding hydrogens is 308 g/mol. The van der Waals surface area contributed by atoms with Crippen molar-refractivity contribution in [1.29, 1.82) is 0 Å². The molecule has 0 spiro atoms. The Morgan fingerprint density at radius 3 is 2.36 bits per heavy atom. The molecule has 0 saturated carbocycles. The number of hydrogen-bond acceptors (Lipinski definition) is 6. The highest BCUT2D eigenvalue weighted by Crippen LogP contribution is 2.28. The molecular formula is C14H13ClN4O3. The molecule has 7 nitrogen and oxygen atoms in total. The van der Waals surface area contributed by atoms with E-state index in [0.717, 1.165) is 0 Å². The first-order valence-electron chi connectivity index (χ1n) is 6.40. The Morgan fingerprint density at radius 2 is 1.77 bits per heavy atom. The van der Waals surface area contributed by atoms with E-state index < -0.39 is 4.92 Å². The van der Waals surface area contributed by atoms with Crippen LogP contribution >= 0.6 is 11.6 Å². The molecule has 0 aliphatic carbocycles. The van der Waals surface area contributed by atoms with Gasteiger partial charge in [0.05, 0.1) is 33.6 Å². The van der Waals surface area contributed by atoms with Crippen LogP contribution in [0, 0.1) is 10.1 Å². The third kappa shape index (κ3) is 4.24. The number of aliphatic hydroxyl groups is 1. The van der Waals surface area contributed by atoms with Gasteiger partial charge in [-0.1, -0.05) is 11.6 Å². The maximum Gasteiger partial charge on any atom is 0.269 e. The van der Waals surface area contributed by atoms with Crippen molar-refractivity contribution in [2.24, 2.45) is 10.2 Å². The van der Waals surface area contributed by atoms with Crippen molar-refractivity contribution in [3.8, 4) is 0 Å². The minimum atomic E-state index is -0.473.